The number of nitrogens with zero attached hydrogens (tertiary/aromatic N) is 2. The molecule has 1 unspecified atom stereocenters. The molecule has 0 bridgehead atoms. The monoisotopic (exact) mass is 798 g/mol. The Kier molecular flexibility index (Phi) is 11.4. The van der Waals surface area contributed by atoms with E-state index in [4.69, 9.17) is 23.2 Å². The Morgan fingerprint density at radius 1 is 0.870 bits per heavy atom. The van der Waals surface area contributed by atoms with Crippen molar-refractivity contribution in [1.82, 2.24) is 4.90 Å². The summed E-state index contributed by atoms with van der Waals surface area (Å²) < 4.78 is 82.2. The van der Waals surface area contributed by atoms with Gasteiger partial charge in [-0.1, -0.05) is 59.6 Å². The predicted molar refractivity (Wildman–Crippen MR) is 163 cm³/mol. The SMILES string of the molecule is C[N+]1(CCC2(c3ccc(Cl)c(Cl)c3)CCC(=O)N(Cc3cc(C(F)(F)F)cc(C(F)(F)F)c3)C2)CCC(c2ccccc2)CC1.[I-]. The third-order valence-corrected chi connectivity index (χ3v) is 10.4. The Balaban J connectivity index is 0.00000480. The van der Waals surface area contributed by atoms with Crippen LogP contribution < -0.4 is 24.0 Å². The largest absolute Gasteiger partial charge is 1.00 e. The standard InChI is InChI=1S/C34H35Cl2F6N2O.HI/c1-44(14-10-25(11-15-44)24-5-3-2-4-6-24)16-13-32(26-7-8-29(35)30(36)20-26)12-9-31(45)43(22-32)21-23-17-27(33(37,38)39)19-28(18-23)34(40,41)42;/h2-8,17-20,25H,9-16,21-22H2,1H3;1H/q+1;/p-1. The topological polar surface area (TPSA) is 20.3 Å². The molecule has 0 aromatic heterocycles. The first-order valence-electron chi connectivity index (χ1n) is 15.0. The molecule has 0 aliphatic carbocycles. The highest BCUT2D eigenvalue weighted by Gasteiger charge is 2.43. The molecule has 0 radical (unpaired) electrons. The van der Waals surface area contributed by atoms with E-state index in [0.717, 1.165) is 42.5 Å². The molecule has 0 saturated carbocycles. The summed E-state index contributed by atoms with van der Waals surface area (Å²) in [6.45, 7) is 2.47. The number of likely N-dealkylation sites (tertiary alicyclic amines) is 2. The first kappa shape index (κ1) is 36.8. The molecule has 2 fully saturated rings. The van der Waals surface area contributed by atoms with Crippen LogP contribution in [-0.2, 0) is 29.1 Å². The molecule has 2 aliphatic rings. The molecule has 3 nitrogen and oxygen atoms in total. The number of halogens is 9. The Morgan fingerprint density at radius 2 is 1.48 bits per heavy atom. The lowest BCUT2D eigenvalue weighted by molar-refractivity contribution is -0.915. The van der Waals surface area contributed by atoms with E-state index in [2.05, 4.69) is 31.3 Å². The summed E-state index contributed by atoms with van der Waals surface area (Å²) in [5, 5.41) is 0.707. The van der Waals surface area contributed by atoms with Crippen molar-refractivity contribution in [2.75, 3.05) is 33.2 Å². The maximum Gasteiger partial charge on any atom is 0.416 e. The van der Waals surface area contributed by atoms with Crippen molar-refractivity contribution in [1.29, 1.82) is 0 Å². The normalized spacial score (nSPS) is 24.1. The molecule has 3 aromatic rings. The molecule has 2 saturated heterocycles. The van der Waals surface area contributed by atoms with E-state index in [-0.39, 0.29) is 61.0 Å². The highest BCUT2D eigenvalue weighted by molar-refractivity contribution is 6.42. The van der Waals surface area contributed by atoms with Gasteiger partial charge in [0.05, 0.1) is 47.9 Å². The Morgan fingerprint density at radius 3 is 2.04 bits per heavy atom. The quantitative estimate of drug-likeness (QED) is 0.152. The summed E-state index contributed by atoms with van der Waals surface area (Å²) in [4.78, 5) is 14.6. The van der Waals surface area contributed by atoms with Gasteiger partial charge in [0.2, 0.25) is 5.91 Å². The van der Waals surface area contributed by atoms with E-state index in [0.29, 0.717) is 40.9 Å². The van der Waals surface area contributed by atoms with Crippen molar-refractivity contribution in [3.8, 4) is 0 Å². The molecule has 1 amide bonds. The number of hydrogen-bond acceptors (Lipinski definition) is 1. The van der Waals surface area contributed by atoms with E-state index in [1.54, 1.807) is 12.1 Å². The fourth-order valence-corrected chi connectivity index (χ4v) is 7.18. The predicted octanol–water partition coefficient (Wildman–Crippen LogP) is 6.51. The molecule has 46 heavy (non-hydrogen) atoms. The zero-order chi connectivity index (χ0) is 32.6. The lowest BCUT2D eigenvalue weighted by atomic mass is 9.71. The number of carbonyl (C=O) groups excluding carboxylic acids is 1. The minimum Gasteiger partial charge on any atom is -1.00 e. The smallest absolute Gasteiger partial charge is 0.416 e. The van der Waals surface area contributed by atoms with Crippen LogP contribution in [0.1, 0.15) is 65.8 Å². The fraction of sp³-hybridized carbons (Fsp3) is 0.441. The summed E-state index contributed by atoms with van der Waals surface area (Å²) >= 11 is 12.7. The number of carbonyl (C=O) groups is 1. The molecule has 1 atom stereocenters. The Labute approximate surface area is 292 Å². The number of benzene rings is 3. The number of hydrogen-bond donors (Lipinski definition) is 0. The van der Waals surface area contributed by atoms with E-state index < -0.39 is 28.9 Å². The second-order valence-electron chi connectivity index (χ2n) is 12.8. The van der Waals surface area contributed by atoms with E-state index >= 15 is 0 Å². The minimum atomic E-state index is -4.97. The van der Waals surface area contributed by atoms with Gasteiger partial charge in [0.25, 0.3) is 0 Å². The first-order chi connectivity index (χ1) is 21.1. The number of rotatable bonds is 7. The second kappa shape index (κ2) is 14.2. The summed E-state index contributed by atoms with van der Waals surface area (Å²) in [6, 6.07) is 17.2. The van der Waals surface area contributed by atoms with Crippen molar-refractivity contribution < 1.29 is 59.6 Å². The van der Waals surface area contributed by atoms with Gasteiger partial charge in [-0.3, -0.25) is 4.79 Å². The van der Waals surface area contributed by atoms with Crippen LogP contribution >= 0.6 is 23.2 Å². The van der Waals surface area contributed by atoms with Gasteiger partial charge in [-0.25, -0.2) is 0 Å². The molecular weight excluding hydrogens is 764 g/mol. The Bertz CT molecular complexity index is 1490. The number of piperidine rings is 2. The molecule has 0 N–H and O–H groups in total. The average molecular weight is 799 g/mol. The van der Waals surface area contributed by atoms with Crippen LogP contribution in [0.5, 0.6) is 0 Å². The summed E-state index contributed by atoms with van der Waals surface area (Å²) in [5.74, 6) is 0.166. The first-order valence-corrected chi connectivity index (χ1v) is 15.7. The van der Waals surface area contributed by atoms with Crippen LogP contribution in [0, 0.1) is 0 Å². The van der Waals surface area contributed by atoms with Crippen molar-refractivity contribution in [3.05, 3.63) is 105 Å². The molecule has 250 valence electrons. The third-order valence-electron chi connectivity index (χ3n) is 9.65. The van der Waals surface area contributed by atoms with Crippen LogP contribution in [0.4, 0.5) is 26.3 Å². The zero-order valence-electron chi connectivity index (χ0n) is 25.2. The molecule has 3 aromatic carbocycles. The van der Waals surface area contributed by atoms with Gasteiger partial charge in [0.1, 0.15) is 0 Å². The average Bonchev–Trinajstić information content (AvgIpc) is 2.99. The highest BCUT2D eigenvalue weighted by Crippen LogP contribution is 2.43. The van der Waals surface area contributed by atoms with Gasteiger partial charge in [0.15, 0.2) is 0 Å². The molecule has 5 rings (SSSR count). The molecular formula is C34H35Cl2F6IN2O. The van der Waals surface area contributed by atoms with Gasteiger partial charge < -0.3 is 33.4 Å². The molecule has 2 aliphatic heterocycles. The number of quaternary nitrogens is 1. The number of amides is 1. The van der Waals surface area contributed by atoms with E-state index in [1.807, 2.05) is 12.1 Å². The lowest BCUT2D eigenvalue weighted by Crippen LogP contribution is -3.00. The van der Waals surface area contributed by atoms with Crippen molar-refractivity contribution >= 4 is 29.1 Å². The maximum absolute atomic E-state index is 13.6. The lowest BCUT2D eigenvalue weighted by Gasteiger charge is -2.47. The zero-order valence-corrected chi connectivity index (χ0v) is 28.9. The van der Waals surface area contributed by atoms with Gasteiger partial charge >= 0.3 is 12.4 Å². The van der Waals surface area contributed by atoms with Crippen LogP contribution in [0.2, 0.25) is 10.0 Å². The highest BCUT2D eigenvalue weighted by atomic mass is 127. The molecule has 2 heterocycles. The van der Waals surface area contributed by atoms with Crippen LogP contribution in [0.15, 0.2) is 66.7 Å². The minimum absolute atomic E-state index is 0. The maximum atomic E-state index is 13.6. The fourth-order valence-electron chi connectivity index (χ4n) is 6.88. The summed E-state index contributed by atoms with van der Waals surface area (Å²) in [7, 11) is 2.22. The van der Waals surface area contributed by atoms with Crippen molar-refractivity contribution in [2.45, 2.75) is 62.3 Å². The van der Waals surface area contributed by atoms with Gasteiger partial charge in [-0.15, -0.1) is 0 Å². The summed E-state index contributed by atoms with van der Waals surface area (Å²) in [5.41, 5.74) is -1.46. The van der Waals surface area contributed by atoms with Gasteiger partial charge in [-0.05, 0) is 59.4 Å². The van der Waals surface area contributed by atoms with E-state index in [9.17, 15) is 31.1 Å². The molecule has 12 heteroatoms. The number of alkyl halides is 6. The third kappa shape index (κ3) is 8.52. The van der Waals surface area contributed by atoms with Crippen LogP contribution in [0.25, 0.3) is 0 Å². The Hall–Kier alpha value is -2.02. The van der Waals surface area contributed by atoms with Gasteiger partial charge in [0, 0.05) is 44.2 Å². The van der Waals surface area contributed by atoms with Crippen molar-refractivity contribution in [2.24, 2.45) is 0 Å². The van der Waals surface area contributed by atoms with Crippen molar-refractivity contribution in [3.63, 3.8) is 0 Å². The van der Waals surface area contributed by atoms with Crippen LogP contribution in [-0.4, -0.2) is 48.5 Å². The summed E-state index contributed by atoms with van der Waals surface area (Å²) in [6.07, 6.45) is -6.66. The van der Waals surface area contributed by atoms with Crippen LogP contribution in [0.3, 0.4) is 0 Å². The van der Waals surface area contributed by atoms with Gasteiger partial charge in [-0.2, -0.15) is 26.3 Å². The molecule has 0 spiro atoms. The second-order valence-corrected chi connectivity index (χ2v) is 13.6. The van der Waals surface area contributed by atoms with E-state index in [1.165, 1.54) is 10.5 Å².